The van der Waals surface area contributed by atoms with Gasteiger partial charge < -0.3 is 24.6 Å². The molecular weight excluding hydrogens is 302 g/mol. The van der Waals surface area contributed by atoms with E-state index in [4.69, 9.17) is 14.2 Å². The Morgan fingerprint density at radius 2 is 1.87 bits per heavy atom. The van der Waals surface area contributed by atoms with E-state index in [1.807, 2.05) is 0 Å². The van der Waals surface area contributed by atoms with E-state index in [0.29, 0.717) is 17.0 Å². The van der Waals surface area contributed by atoms with Gasteiger partial charge in [-0.2, -0.15) is 0 Å². The molecule has 0 bridgehead atoms. The molecule has 0 spiro atoms. The summed E-state index contributed by atoms with van der Waals surface area (Å²) in [5.74, 6) is -2.35. The number of aliphatic hydroxyl groups is 1. The lowest BCUT2D eigenvalue weighted by molar-refractivity contribution is -0.222. The number of ether oxygens (including phenoxy) is 3. The number of benzene rings is 1. The number of carbonyl (C=O) groups is 2. The summed E-state index contributed by atoms with van der Waals surface area (Å²) in [5, 5.41) is 12.4. The van der Waals surface area contributed by atoms with Crippen LogP contribution < -0.4 is 10.1 Å². The van der Waals surface area contributed by atoms with Crippen LogP contribution in [0.3, 0.4) is 0 Å². The average molecular weight is 321 g/mol. The van der Waals surface area contributed by atoms with E-state index in [1.165, 1.54) is 27.2 Å². The number of hydrogen-bond acceptors (Lipinski definition) is 7. The number of methoxy groups -OCH3 is 1. The third-order valence-corrected chi connectivity index (χ3v) is 3.20. The number of cyclic esters (lactones) is 2. The topological polar surface area (TPSA) is 94.1 Å². The summed E-state index contributed by atoms with van der Waals surface area (Å²) in [7, 11) is 1.48. The highest BCUT2D eigenvalue weighted by molar-refractivity contribution is 6.15. The van der Waals surface area contributed by atoms with Crippen LogP contribution in [0.2, 0.25) is 0 Å². The molecule has 1 saturated heterocycles. The van der Waals surface area contributed by atoms with Crippen LogP contribution in [0, 0.1) is 0 Å². The van der Waals surface area contributed by atoms with Gasteiger partial charge in [-0.05, 0) is 24.6 Å². The first-order valence-electron chi connectivity index (χ1n) is 7.03. The zero-order valence-corrected chi connectivity index (χ0v) is 13.4. The molecule has 0 aromatic heterocycles. The number of anilines is 1. The van der Waals surface area contributed by atoms with E-state index in [1.54, 1.807) is 25.1 Å². The molecule has 1 aliphatic rings. The molecule has 0 radical (unpaired) electrons. The summed E-state index contributed by atoms with van der Waals surface area (Å²) in [6.07, 6.45) is 0.571. The van der Waals surface area contributed by atoms with Crippen LogP contribution in [0.4, 0.5) is 5.69 Å². The maximum absolute atomic E-state index is 11.8. The Bertz CT molecular complexity index is 641. The lowest BCUT2D eigenvalue weighted by Crippen LogP contribution is -2.42. The minimum atomic E-state index is -1.28. The Hall–Kier alpha value is -2.54. The first-order valence-corrected chi connectivity index (χ1v) is 7.03. The van der Waals surface area contributed by atoms with E-state index in [9.17, 15) is 14.7 Å². The number of rotatable bonds is 4. The van der Waals surface area contributed by atoms with E-state index in [-0.39, 0.29) is 5.57 Å². The van der Waals surface area contributed by atoms with E-state index in [2.05, 4.69) is 5.32 Å². The van der Waals surface area contributed by atoms with Gasteiger partial charge in [-0.25, -0.2) is 9.59 Å². The monoisotopic (exact) mass is 321 g/mol. The highest BCUT2D eigenvalue weighted by atomic mass is 16.7. The van der Waals surface area contributed by atoms with Gasteiger partial charge in [0.25, 0.3) is 5.79 Å². The van der Waals surface area contributed by atoms with Crippen molar-refractivity contribution in [2.75, 3.05) is 12.4 Å². The van der Waals surface area contributed by atoms with Gasteiger partial charge in [0.05, 0.1) is 18.9 Å². The summed E-state index contributed by atoms with van der Waals surface area (Å²) >= 11 is 0. The smallest absolute Gasteiger partial charge is 0.350 e. The fourth-order valence-corrected chi connectivity index (χ4v) is 2.02. The van der Waals surface area contributed by atoms with Gasteiger partial charge in [0.15, 0.2) is 5.57 Å². The molecule has 1 heterocycles. The molecule has 0 saturated carbocycles. The molecule has 23 heavy (non-hydrogen) atoms. The molecule has 2 N–H and O–H groups in total. The number of aliphatic hydroxyl groups excluding tert-OH is 1. The minimum Gasteiger partial charge on any atom is -0.495 e. The second kappa shape index (κ2) is 6.29. The molecule has 7 nitrogen and oxygen atoms in total. The molecule has 1 fully saturated rings. The Morgan fingerprint density at radius 3 is 2.39 bits per heavy atom. The van der Waals surface area contributed by atoms with Gasteiger partial charge >= 0.3 is 11.9 Å². The summed E-state index contributed by atoms with van der Waals surface area (Å²) in [6.45, 7) is 4.59. The predicted molar refractivity (Wildman–Crippen MR) is 81.6 cm³/mol. The standard InChI is InChI=1S/C16H19NO6/c1-9(18)10-5-6-12(13(7-10)21-4)17-8-11-14(19)22-16(2,3)23-15(11)20/h5-9,17-18H,1-4H3. The quantitative estimate of drug-likeness (QED) is 0.497. The first-order chi connectivity index (χ1) is 10.7. The largest absolute Gasteiger partial charge is 0.495 e. The zero-order valence-electron chi connectivity index (χ0n) is 13.4. The van der Waals surface area contributed by atoms with Gasteiger partial charge in [0.2, 0.25) is 0 Å². The predicted octanol–water partition coefficient (Wildman–Crippen LogP) is 1.88. The van der Waals surface area contributed by atoms with Crippen LogP contribution in [0.25, 0.3) is 0 Å². The Kier molecular flexibility index (Phi) is 4.60. The van der Waals surface area contributed by atoms with Crippen molar-refractivity contribution >= 4 is 17.6 Å². The van der Waals surface area contributed by atoms with Gasteiger partial charge in [-0.3, -0.25) is 0 Å². The molecular formula is C16H19NO6. The van der Waals surface area contributed by atoms with Crippen molar-refractivity contribution in [1.82, 2.24) is 0 Å². The lowest BCUT2D eigenvalue weighted by Gasteiger charge is -2.29. The SMILES string of the molecule is COc1cc(C(C)O)ccc1NC=C1C(=O)OC(C)(C)OC1=O. The summed E-state index contributed by atoms with van der Waals surface area (Å²) in [4.78, 5) is 23.7. The molecule has 0 aliphatic carbocycles. The third kappa shape index (κ3) is 3.81. The van der Waals surface area contributed by atoms with E-state index >= 15 is 0 Å². The average Bonchev–Trinajstić information content (AvgIpc) is 2.45. The molecule has 1 aliphatic heterocycles. The fourth-order valence-electron chi connectivity index (χ4n) is 2.02. The van der Waals surface area contributed by atoms with Crippen LogP contribution in [-0.2, 0) is 19.1 Å². The Balaban J connectivity index is 2.23. The third-order valence-electron chi connectivity index (χ3n) is 3.20. The van der Waals surface area contributed by atoms with Crippen molar-refractivity contribution in [3.63, 3.8) is 0 Å². The molecule has 1 atom stereocenters. The number of nitrogens with one attached hydrogen (secondary N) is 1. The maximum atomic E-state index is 11.8. The molecule has 1 aromatic rings. The van der Waals surface area contributed by atoms with Crippen molar-refractivity contribution in [3.8, 4) is 5.75 Å². The highest BCUT2D eigenvalue weighted by Gasteiger charge is 2.38. The maximum Gasteiger partial charge on any atom is 0.350 e. The molecule has 0 amide bonds. The molecule has 1 unspecified atom stereocenters. The van der Waals surface area contributed by atoms with Crippen LogP contribution in [0.15, 0.2) is 30.0 Å². The van der Waals surface area contributed by atoms with Crippen LogP contribution in [0.1, 0.15) is 32.4 Å². The number of esters is 2. The van der Waals surface area contributed by atoms with E-state index < -0.39 is 23.8 Å². The van der Waals surface area contributed by atoms with Crippen molar-refractivity contribution in [2.45, 2.75) is 32.7 Å². The van der Waals surface area contributed by atoms with Crippen LogP contribution in [-0.4, -0.2) is 29.9 Å². The van der Waals surface area contributed by atoms with Crippen molar-refractivity contribution < 1.29 is 28.9 Å². The zero-order chi connectivity index (χ0) is 17.2. The van der Waals surface area contributed by atoms with Gasteiger partial charge in [0.1, 0.15) is 5.75 Å². The highest BCUT2D eigenvalue weighted by Crippen LogP contribution is 2.29. The normalized spacial score (nSPS) is 17.9. The second-order valence-electron chi connectivity index (χ2n) is 5.52. The Labute approximate surface area is 133 Å². The summed E-state index contributed by atoms with van der Waals surface area (Å²) in [6, 6.07) is 5.03. The van der Waals surface area contributed by atoms with Crippen molar-refractivity contribution in [1.29, 1.82) is 0 Å². The van der Waals surface area contributed by atoms with Crippen LogP contribution >= 0.6 is 0 Å². The molecule has 2 rings (SSSR count). The lowest BCUT2D eigenvalue weighted by atomic mass is 10.1. The molecule has 124 valence electrons. The minimum absolute atomic E-state index is 0.244. The van der Waals surface area contributed by atoms with Gasteiger partial charge in [-0.1, -0.05) is 6.07 Å². The summed E-state index contributed by atoms with van der Waals surface area (Å²) < 4.78 is 15.2. The van der Waals surface area contributed by atoms with Crippen molar-refractivity contribution in [3.05, 3.63) is 35.5 Å². The van der Waals surface area contributed by atoms with Gasteiger partial charge in [-0.15, -0.1) is 0 Å². The fraction of sp³-hybridized carbons (Fsp3) is 0.375. The Morgan fingerprint density at radius 1 is 1.26 bits per heavy atom. The molecule has 1 aromatic carbocycles. The number of carbonyl (C=O) groups excluding carboxylic acids is 2. The summed E-state index contributed by atoms with van der Waals surface area (Å²) in [5.41, 5.74) is 0.958. The second-order valence-corrected chi connectivity index (χ2v) is 5.52. The number of hydrogen-bond donors (Lipinski definition) is 2. The molecule has 7 heteroatoms. The van der Waals surface area contributed by atoms with E-state index in [0.717, 1.165) is 0 Å². The first kappa shape index (κ1) is 16.8. The van der Waals surface area contributed by atoms with Gasteiger partial charge in [0, 0.05) is 20.0 Å². The van der Waals surface area contributed by atoms with Crippen molar-refractivity contribution in [2.24, 2.45) is 0 Å². The van der Waals surface area contributed by atoms with Crippen LogP contribution in [0.5, 0.6) is 5.75 Å².